The maximum absolute atomic E-state index is 14.8. The Kier molecular flexibility index (Phi) is 4.96. The molecule has 4 aromatic rings. The van der Waals surface area contributed by atoms with Gasteiger partial charge < -0.3 is 16.0 Å². The maximum Gasteiger partial charge on any atom is 0.416 e. The lowest BCUT2D eigenvalue weighted by Crippen LogP contribution is -2.43. The molecule has 5 rings (SSSR count). The van der Waals surface area contributed by atoms with Gasteiger partial charge in [-0.05, 0) is 25.0 Å². The molecule has 1 aromatic carbocycles. The van der Waals surface area contributed by atoms with E-state index in [-0.39, 0.29) is 23.4 Å². The standard InChI is InChI=1S/C22H20F4N6/c23-20-15-9-28-8-14(13-10-29-18-7-11(22(24,25)26)5-6-12(13)18)19(15)31-21(32-20)30-17-4-2-1-3-16(17)27/h5-10,16-17,29H,1-4,27H2,(H,30,31,32). The molecule has 10 heteroatoms. The molecule has 166 valence electrons. The minimum absolute atomic E-state index is 0.0558. The zero-order valence-corrected chi connectivity index (χ0v) is 16.9. The fourth-order valence-corrected chi connectivity index (χ4v) is 4.30. The Balaban J connectivity index is 1.60. The van der Waals surface area contributed by atoms with Gasteiger partial charge in [0.05, 0.1) is 16.5 Å². The Morgan fingerprint density at radius 2 is 1.84 bits per heavy atom. The molecule has 1 saturated carbocycles. The number of anilines is 1. The van der Waals surface area contributed by atoms with Crippen molar-refractivity contribution in [2.24, 2.45) is 5.73 Å². The first-order chi connectivity index (χ1) is 15.3. The number of aromatic nitrogens is 4. The van der Waals surface area contributed by atoms with E-state index in [1.807, 2.05) is 0 Å². The zero-order chi connectivity index (χ0) is 22.5. The van der Waals surface area contributed by atoms with E-state index in [1.54, 1.807) is 6.20 Å². The summed E-state index contributed by atoms with van der Waals surface area (Å²) in [5.41, 5.74) is 7.13. The molecular formula is C22H20F4N6. The number of H-pyrrole nitrogens is 1. The third kappa shape index (κ3) is 3.64. The van der Waals surface area contributed by atoms with E-state index in [0.29, 0.717) is 27.5 Å². The first-order valence-electron chi connectivity index (χ1n) is 10.3. The van der Waals surface area contributed by atoms with Crippen molar-refractivity contribution in [2.75, 3.05) is 5.32 Å². The van der Waals surface area contributed by atoms with Gasteiger partial charge in [-0.25, -0.2) is 4.98 Å². The molecule has 1 aliphatic carbocycles. The van der Waals surface area contributed by atoms with Crippen molar-refractivity contribution in [1.29, 1.82) is 0 Å². The maximum atomic E-state index is 14.8. The Morgan fingerprint density at radius 3 is 2.62 bits per heavy atom. The lowest BCUT2D eigenvalue weighted by molar-refractivity contribution is -0.137. The predicted octanol–water partition coefficient (Wildman–Crippen LogP) is 5.01. The van der Waals surface area contributed by atoms with Crippen LogP contribution >= 0.6 is 0 Å². The number of rotatable bonds is 3. The quantitative estimate of drug-likeness (QED) is 0.305. The summed E-state index contributed by atoms with van der Waals surface area (Å²) in [7, 11) is 0. The molecular weight excluding hydrogens is 424 g/mol. The second-order valence-corrected chi connectivity index (χ2v) is 8.08. The molecule has 1 aliphatic rings. The van der Waals surface area contributed by atoms with Gasteiger partial charge >= 0.3 is 6.18 Å². The lowest BCUT2D eigenvalue weighted by atomic mass is 9.91. The number of halogens is 4. The molecule has 3 aromatic heterocycles. The van der Waals surface area contributed by atoms with Crippen LogP contribution in [0.4, 0.5) is 23.5 Å². The van der Waals surface area contributed by atoms with E-state index in [2.05, 4.69) is 25.3 Å². The summed E-state index contributed by atoms with van der Waals surface area (Å²) in [5.74, 6) is -0.598. The number of nitrogens with one attached hydrogen (secondary N) is 2. The largest absolute Gasteiger partial charge is 0.416 e. The lowest BCUT2D eigenvalue weighted by Gasteiger charge is -2.29. The van der Waals surface area contributed by atoms with Crippen molar-refractivity contribution in [3.05, 3.63) is 48.3 Å². The van der Waals surface area contributed by atoms with Crippen LogP contribution in [0.2, 0.25) is 0 Å². The van der Waals surface area contributed by atoms with Gasteiger partial charge in [0.15, 0.2) is 0 Å². The smallest absolute Gasteiger partial charge is 0.361 e. The summed E-state index contributed by atoms with van der Waals surface area (Å²) in [6.45, 7) is 0. The average Bonchev–Trinajstić information content (AvgIpc) is 3.18. The van der Waals surface area contributed by atoms with Crippen LogP contribution in [0.15, 0.2) is 36.8 Å². The normalized spacial score (nSPS) is 19.5. The molecule has 0 aliphatic heterocycles. The molecule has 0 bridgehead atoms. The van der Waals surface area contributed by atoms with Gasteiger partial charge in [-0.2, -0.15) is 22.5 Å². The highest BCUT2D eigenvalue weighted by Gasteiger charge is 2.31. The van der Waals surface area contributed by atoms with Crippen molar-refractivity contribution in [3.63, 3.8) is 0 Å². The van der Waals surface area contributed by atoms with Gasteiger partial charge in [0, 0.05) is 52.7 Å². The van der Waals surface area contributed by atoms with Crippen LogP contribution in [0, 0.1) is 5.95 Å². The summed E-state index contributed by atoms with van der Waals surface area (Å²) in [6.07, 6.45) is 3.77. The molecule has 3 heterocycles. The second-order valence-electron chi connectivity index (χ2n) is 8.08. The second kappa shape index (κ2) is 7.70. The summed E-state index contributed by atoms with van der Waals surface area (Å²) in [4.78, 5) is 15.4. The number of hydrogen-bond acceptors (Lipinski definition) is 5. The van der Waals surface area contributed by atoms with E-state index >= 15 is 0 Å². The monoisotopic (exact) mass is 444 g/mol. The molecule has 32 heavy (non-hydrogen) atoms. The number of pyridine rings is 1. The highest BCUT2D eigenvalue weighted by molar-refractivity contribution is 6.03. The van der Waals surface area contributed by atoms with Gasteiger partial charge in [0.2, 0.25) is 11.9 Å². The SMILES string of the molecule is NC1CCCCC1Nc1nc(F)c2cncc(-c3c[nH]c4cc(C(F)(F)F)ccc34)c2n1. The Labute approximate surface area is 180 Å². The van der Waals surface area contributed by atoms with Crippen molar-refractivity contribution in [1.82, 2.24) is 19.9 Å². The van der Waals surface area contributed by atoms with Crippen molar-refractivity contribution in [3.8, 4) is 11.1 Å². The molecule has 4 N–H and O–H groups in total. The number of aromatic amines is 1. The zero-order valence-electron chi connectivity index (χ0n) is 16.9. The fourth-order valence-electron chi connectivity index (χ4n) is 4.30. The highest BCUT2D eigenvalue weighted by atomic mass is 19.4. The van der Waals surface area contributed by atoms with Gasteiger partial charge in [0.25, 0.3) is 0 Å². The first kappa shape index (κ1) is 20.6. The summed E-state index contributed by atoms with van der Waals surface area (Å²) in [5, 5.41) is 3.84. The van der Waals surface area contributed by atoms with Crippen LogP contribution in [0.25, 0.3) is 32.9 Å². The van der Waals surface area contributed by atoms with Crippen LogP contribution in [-0.4, -0.2) is 32.0 Å². The number of alkyl halides is 3. The predicted molar refractivity (Wildman–Crippen MR) is 113 cm³/mol. The number of benzene rings is 1. The van der Waals surface area contributed by atoms with E-state index < -0.39 is 17.7 Å². The van der Waals surface area contributed by atoms with E-state index in [1.165, 1.54) is 18.5 Å². The number of nitrogens with zero attached hydrogens (tertiary/aromatic N) is 3. The highest BCUT2D eigenvalue weighted by Crippen LogP contribution is 2.36. The molecule has 2 unspecified atom stereocenters. The van der Waals surface area contributed by atoms with Crippen LogP contribution in [0.3, 0.4) is 0 Å². The van der Waals surface area contributed by atoms with E-state index in [9.17, 15) is 17.6 Å². The number of nitrogens with two attached hydrogens (primary N) is 1. The van der Waals surface area contributed by atoms with E-state index in [4.69, 9.17) is 5.73 Å². The van der Waals surface area contributed by atoms with Gasteiger partial charge in [-0.15, -0.1) is 0 Å². The summed E-state index contributed by atoms with van der Waals surface area (Å²) >= 11 is 0. The first-order valence-corrected chi connectivity index (χ1v) is 10.3. The topological polar surface area (TPSA) is 92.5 Å². The minimum atomic E-state index is -4.45. The number of hydrogen-bond donors (Lipinski definition) is 3. The molecule has 6 nitrogen and oxygen atoms in total. The molecule has 1 fully saturated rings. The summed E-state index contributed by atoms with van der Waals surface area (Å²) < 4.78 is 54.0. The van der Waals surface area contributed by atoms with Gasteiger partial charge in [-0.1, -0.05) is 18.9 Å². The van der Waals surface area contributed by atoms with Gasteiger partial charge in [-0.3, -0.25) is 4.98 Å². The molecule has 0 saturated heterocycles. The van der Waals surface area contributed by atoms with E-state index in [0.717, 1.165) is 37.8 Å². The van der Waals surface area contributed by atoms with Crippen molar-refractivity contribution in [2.45, 2.75) is 43.9 Å². The third-order valence-corrected chi connectivity index (χ3v) is 5.99. The van der Waals surface area contributed by atoms with Gasteiger partial charge in [0.1, 0.15) is 0 Å². The van der Waals surface area contributed by atoms with Crippen LogP contribution in [0.5, 0.6) is 0 Å². The minimum Gasteiger partial charge on any atom is -0.361 e. The molecule has 0 amide bonds. The van der Waals surface area contributed by atoms with Crippen molar-refractivity contribution >= 4 is 27.8 Å². The Bertz CT molecular complexity index is 1300. The molecule has 2 atom stereocenters. The van der Waals surface area contributed by atoms with Crippen LogP contribution in [-0.2, 0) is 6.18 Å². The Hall–Kier alpha value is -3.27. The van der Waals surface area contributed by atoms with Crippen molar-refractivity contribution < 1.29 is 17.6 Å². The van der Waals surface area contributed by atoms with Crippen LogP contribution < -0.4 is 11.1 Å². The molecule has 0 spiro atoms. The Morgan fingerprint density at radius 1 is 1.03 bits per heavy atom. The summed E-state index contributed by atoms with van der Waals surface area (Å²) in [6, 6.07) is 3.33. The fraction of sp³-hybridized carbons (Fsp3) is 0.318. The molecule has 0 radical (unpaired) electrons. The van der Waals surface area contributed by atoms with Crippen LogP contribution in [0.1, 0.15) is 31.2 Å². The number of fused-ring (bicyclic) bond motifs is 2. The average molecular weight is 444 g/mol. The third-order valence-electron chi connectivity index (χ3n) is 5.99.